The van der Waals surface area contributed by atoms with Crippen LogP contribution >= 0.6 is 22.7 Å². The number of thiophene rings is 1. The van der Waals surface area contributed by atoms with Gasteiger partial charge in [0.25, 0.3) is 0 Å². The van der Waals surface area contributed by atoms with Gasteiger partial charge in [-0.05, 0) is 84.5 Å². The topological polar surface area (TPSA) is 65.5 Å². The summed E-state index contributed by atoms with van der Waals surface area (Å²) >= 11 is 3.30. The molecule has 1 fully saturated rings. The van der Waals surface area contributed by atoms with Crippen LogP contribution < -0.4 is 44.3 Å². The third kappa shape index (κ3) is 7.45. The van der Waals surface area contributed by atoms with Gasteiger partial charge in [-0.15, -0.1) is 22.7 Å². The van der Waals surface area contributed by atoms with Crippen molar-refractivity contribution in [2.24, 2.45) is 5.92 Å². The molecule has 186 valence electrons. The van der Waals surface area contributed by atoms with Crippen LogP contribution in [0.2, 0.25) is 0 Å². The first kappa shape index (κ1) is 27.9. The van der Waals surface area contributed by atoms with E-state index in [1.54, 1.807) is 40.9 Å². The normalized spacial score (nSPS) is 17.1. The Morgan fingerprint density at radius 3 is 2.51 bits per heavy atom. The smallest absolute Gasteiger partial charge is 0.545 e. The van der Waals surface area contributed by atoms with Crippen LogP contribution in [0.5, 0.6) is 5.75 Å². The van der Waals surface area contributed by atoms with Crippen LogP contribution in [0.1, 0.15) is 53.4 Å². The van der Waals surface area contributed by atoms with Gasteiger partial charge < -0.3 is 19.5 Å². The fourth-order valence-electron chi connectivity index (χ4n) is 4.59. The second-order valence-corrected chi connectivity index (χ2v) is 11.3. The molecule has 0 unspecified atom stereocenters. The van der Waals surface area contributed by atoms with E-state index < -0.39 is 5.97 Å². The van der Waals surface area contributed by atoms with Crippen LogP contribution in [-0.4, -0.2) is 17.1 Å². The van der Waals surface area contributed by atoms with Gasteiger partial charge in [-0.2, -0.15) is 0 Å². The van der Waals surface area contributed by atoms with Crippen molar-refractivity contribution in [3.05, 3.63) is 87.4 Å². The van der Waals surface area contributed by atoms with Crippen molar-refractivity contribution in [3.63, 3.8) is 0 Å². The monoisotopic (exact) mass is 540 g/mol. The first-order valence-corrected chi connectivity index (χ1v) is 14.1. The van der Waals surface area contributed by atoms with E-state index in [0.717, 1.165) is 46.5 Å². The average Bonchev–Trinajstić information content (AvgIpc) is 3.58. The third-order valence-electron chi connectivity index (χ3n) is 6.64. The number of aromatic nitrogens is 1. The van der Waals surface area contributed by atoms with Crippen molar-refractivity contribution in [2.45, 2.75) is 51.8 Å². The Morgan fingerprint density at radius 1 is 1.03 bits per heavy atom. The van der Waals surface area contributed by atoms with Gasteiger partial charge in [-0.1, -0.05) is 31.2 Å². The number of benzene rings is 2. The Kier molecular flexibility index (Phi) is 9.84. The molecule has 0 saturated heterocycles. The van der Waals surface area contributed by atoms with E-state index in [4.69, 9.17) is 9.72 Å². The number of anilines is 1. The molecule has 2 heterocycles. The molecule has 0 amide bonds. The van der Waals surface area contributed by atoms with Crippen LogP contribution in [0.4, 0.5) is 5.13 Å². The summed E-state index contributed by atoms with van der Waals surface area (Å²) in [6, 6.07) is 19.3. The summed E-state index contributed by atoms with van der Waals surface area (Å²) in [5.41, 5.74) is 3.07. The zero-order chi connectivity index (χ0) is 24.9. The first-order valence-electron chi connectivity index (χ1n) is 12.3. The van der Waals surface area contributed by atoms with Crippen LogP contribution in [0.3, 0.4) is 0 Å². The zero-order valence-corrected chi connectivity index (χ0v) is 24.9. The minimum Gasteiger partial charge on any atom is -0.545 e. The van der Waals surface area contributed by atoms with Gasteiger partial charge in [-0.25, -0.2) is 4.98 Å². The van der Waals surface area contributed by atoms with Gasteiger partial charge in [0.05, 0.1) is 24.3 Å². The fourth-order valence-corrected chi connectivity index (χ4v) is 6.14. The Hall–Kier alpha value is -2.16. The quantitative estimate of drug-likeness (QED) is 0.305. The number of carboxylic acids is 1. The Balaban J connectivity index is 0.00000320. The molecule has 5 nitrogen and oxygen atoms in total. The number of rotatable bonds is 9. The van der Waals surface area contributed by atoms with Crippen LogP contribution in [0, 0.1) is 5.92 Å². The van der Waals surface area contributed by atoms with Crippen molar-refractivity contribution in [2.75, 3.05) is 4.90 Å². The molecule has 1 aliphatic carbocycles. The second kappa shape index (κ2) is 13.1. The van der Waals surface area contributed by atoms with Gasteiger partial charge in [0, 0.05) is 22.4 Å². The van der Waals surface area contributed by atoms with Crippen molar-refractivity contribution >= 4 is 33.8 Å². The number of hydrogen-bond acceptors (Lipinski definition) is 7. The number of ether oxygens (including phenoxy) is 1. The van der Waals surface area contributed by atoms with Crippen molar-refractivity contribution in [1.82, 2.24) is 4.98 Å². The molecular formula is C29H29N2NaO3S2. The third-order valence-corrected chi connectivity index (χ3v) is 8.40. The molecule has 0 atom stereocenters. The molecule has 0 spiro atoms. The standard InChI is InChI=1S/C29H30N2O3S2.Na/c1-20-7-11-24(12-8-20)34-25-13-9-22(10-14-25)27-19-36-29(30-27)31(18-26-6-3-15-35-26)17-21-4-2-5-23(16-21)28(32)33;/h2-6,9-10,13-16,19-20,24H,7-8,11-12,17-18H2,1H3,(H,32,33);/q;+1/p-1/t20-,24-;. The van der Waals surface area contributed by atoms with Crippen LogP contribution in [-0.2, 0) is 13.1 Å². The fraction of sp³-hybridized carbons (Fsp3) is 0.310. The second-order valence-electron chi connectivity index (χ2n) is 9.46. The predicted molar refractivity (Wildman–Crippen MR) is 145 cm³/mol. The molecule has 5 rings (SSSR count). The summed E-state index contributed by atoms with van der Waals surface area (Å²) in [6.45, 7) is 3.57. The van der Waals surface area contributed by atoms with Gasteiger partial charge >= 0.3 is 29.6 Å². The maximum Gasteiger partial charge on any atom is 1.00 e. The summed E-state index contributed by atoms with van der Waals surface area (Å²) in [4.78, 5) is 19.7. The van der Waals surface area contributed by atoms with Crippen LogP contribution in [0.15, 0.2) is 71.4 Å². The van der Waals surface area contributed by atoms with E-state index in [-0.39, 0.29) is 35.1 Å². The number of nitrogens with zero attached hydrogens (tertiary/aromatic N) is 2. The Labute approximate surface area is 248 Å². The zero-order valence-electron chi connectivity index (χ0n) is 21.3. The number of carbonyl (C=O) groups is 1. The average molecular weight is 541 g/mol. The number of hydrogen-bond donors (Lipinski definition) is 0. The number of aromatic carboxylic acids is 1. The summed E-state index contributed by atoms with van der Waals surface area (Å²) in [7, 11) is 0. The molecule has 4 aromatic rings. The molecule has 37 heavy (non-hydrogen) atoms. The van der Waals surface area contributed by atoms with Crippen molar-refractivity contribution in [3.8, 4) is 17.0 Å². The van der Waals surface area contributed by atoms with Crippen molar-refractivity contribution < 1.29 is 44.2 Å². The SMILES string of the molecule is C[C@H]1CC[C@H](Oc2ccc(-c3csc(N(Cc4cccc(C(=O)[O-])c4)Cc4cccs4)n3)cc2)CC1.[Na+]. The van der Waals surface area contributed by atoms with Gasteiger partial charge in [0.1, 0.15) is 5.75 Å². The Bertz CT molecular complexity index is 1280. The summed E-state index contributed by atoms with van der Waals surface area (Å²) in [6.07, 6.45) is 5.06. The molecule has 2 aromatic carbocycles. The maximum atomic E-state index is 11.3. The number of thiazole rings is 1. The van der Waals surface area contributed by atoms with E-state index in [1.165, 1.54) is 17.7 Å². The summed E-state index contributed by atoms with van der Waals surface area (Å²) < 4.78 is 6.22. The molecule has 0 radical (unpaired) electrons. The largest absolute Gasteiger partial charge is 1.00 e. The molecule has 1 saturated carbocycles. The molecular weight excluding hydrogens is 511 g/mol. The van der Waals surface area contributed by atoms with Crippen molar-refractivity contribution in [1.29, 1.82) is 0 Å². The predicted octanol–water partition coefficient (Wildman–Crippen LogP) is 3.40. The maximum absolute atomic E-state index is 11.3. The minimum atomic E-state index is -1.16. The Morgan fingerprint density at radius 2 is 1.81 bits per heavy atom. The number of carboxylic acid groups (broad SMARTS) is 1. The summed E-state index contributed by atoms with van der Waals surface area (Å²) in [5.74, 6) is 0.563. The van der Waals surface area contributed by atoms with Gasteiger partial charge in [-0.3, -0.25) is 0 Å². The molecule has 0 N–H and O–H groups in total. The minimum absolute atomic E-state index is 0. The molecule has 1 aliphatic rings. The molecule has 2 aromatic heterocycles. The molecule has 0 aliphatic heterocycles. The van der Waals surface area contributed by atoms with E-state index in [0.29, 0.717) is 19.2 Å². The first-order chi connectivity index (χ1) is 17.5. The van der Waals surface area contributed by atoms with E-state index in [1.807, 2.05) is 24.3 Å². The summed E-state index contributed by atoms with van der Waals surface area (Å²) in [5, 5.41) is 16.4. The van der Waals surface area contributed by atoms with Gasteiger partial charge in [0.2, 0.25) is 0 Å². The van der Waals surface area contributed by atoms with Gasteiger partial charge in [0.15, 0.2) is 5.13 Å². The molecule has 0 bridgehead atoms. The van der Waals surface area contributed by atoms with E-state index in [2.05, 4.69) is 40.8 Å². The van der Waals surface area contributed by atoms with E-state index in [9.17, 15) is 9.90 Å². The molecule has 8 heteroatoms. The number of carbonyl (C=O) groups excluding carboxylic acids is 1. The van der Waals surface area contributed by atoms with E-state index >= 15 is 0 Å². The van der Waals surface area contributed by atoms with Crippen LogP contribution in [0.25, 0.3) is 11.3 Å².